The number of carbonyl (C=O) groups excluding carboxylic acids is 1. The number of amides is 1. The highest BCUT2D eigenvalue weighted by atomic mass is 16.2. The van der Waals surface area contributed by atoms with E-state index < -0.39 is 0 Å². The Morgan fingerprint density at radius 2 is 1.75 bits per heavy atom. The largest absolute Gasteiger partial charge is 0.348 e. The van der Waals surface area contributed by atoms with Gasteiger partial charge >= 0.3 is 0 Å². The highest BCUT2D eigenvalue weighted by molar-refractivity contribution is 5.77. The van der Waals surface area contributed by atoms with Gasteiger partial charge in [0.25, 0.3) is 0 Å². The Morgan fingerprint density at radius 3 is 2.25 bits per heavy atom. The maximum Gasteiger partial charge on any atom is 0.236 e. The van der Waals surface area contributed by atoms with Crippen molar-refractivity contribution >= 4 is 5.91 Å². The van der Waals surface area contributed by atoms with Gasteiger partial charge in [0.1, 0.15) is 0 Å². The summed E-state index contributed by atoms with van der Waals surface area (Å²) in [6, 6.07) is 0. The Kier molecular flexibility index (Phi) is 5.81. The van der Waals surface area contributed by atoms with E-state index in [9.17, 15) is 4.79 Å². The van der Waals surface area contributed by atoms with Gasteiger partial charge in [0.2, 0.25) is 5.91 Å². The minimum Gasteiger partial charge on any atom is -0.348 e. The molecule has 1 fully saturated rings. The molecule has 0 bridgehead atoms. The van der Waals surface area contributed by atoms with Crippen LogP contribution in [0.3, 0.4) is 0 Å². The topological polar surface area (TPSA) is 32.3 Å². The highest BCUT2D eigenvalue weighted by Crippen LogP contribution is 2.29. The van der Waals surface area contributed by atoms with Crippen molar-refractivity contribution in [1.82, 2.24) is 10.2 Å². The molecule has 94 valence electrons. The first-order valence-corrected chi connectivity index (χ1v) is 6.54. The van der Waals surface area contributed by atoms with Crippen LogP contribution in [0.15, 0.2) is 0 Å². The second-order valence-corrected chi connectivity index (χ2v) is 5.21. The normalized spacial score (nSPS) is 25.4. The molecule has 0 radical (unpaired) electrons. The third-order valence-corrected chi connectivity index (χ3v) is 3.75. The average Bonchev–Trinajstić information content (AvgIpc) is 2.29. The molecule has 0 aromatic heterocycles. The van der Waals surface area contributed by atoms with E-state index in [1.165, 1.54) is 32.1 Å². The van der Waals surface area contributed by atoms with E-state index in [4.69, 9.17) is 0 Å². The zero-order chi connectivity index (χ0) is 12.0. The van der Waals surface area contributed by atoms with E-state index in [-0.39, 0.29) is 5.91 Å². The van der Waals surface area contributed by atoms with Gasteiger partial charge in [-0.3, -0.25) is 4.79 Å². The standard InChI is InChI=1S/C13H26N2O/c1-4-11-5-7-12(8-6-11)9-14-10-13(16)15(2)3/h11-12,14H,4-10H2,1-3H3. The van der Waals surface area contributed by atoms with Crippen LogP contribution in [0.4, 0.5) is 0 Å². The van der Waals surface area contributed by atoms with Crippen molar-refractivity contribution in [2.24, 2.45) is 11.8 Å². The number of hydrogen-bond acceptors (Lipinski definition) is 2. The second kappa shape index (κ2) is 6.89. The van der Waals surface area contributed by atoms with Gasteiger partial charge in [0.05, 0.1) is 6.54 Å². The van der Waals surface area contributed by atoms with E-state index in [2.05, 4.69) is 12.2 Å². The van der Waals surface area contributed by atoms with Crippen molar-refractivity contribution in [2.45, 2.75) is 39.0 Å². The van der Waals surface area contributed by atoms with Crippen molar-refractivity contribution in [2.75, 3.05) is 27.2 Å². The van der Waals surface area contributed by atoms with Crippen LogP contribution in [0.5, 0.6) is 0 Å². The lowest BCUT2D eigenvalue weighted by molar-refractivity contribution is -0.127. The number of likely N-dealkylation sites (N-methyl/N-ethyl adjacent to an activating group) is 1. The van der Waals surface area contributed by atoms with Crippen LogP contribution in [0.2, 0.25) is 0 Å². The summed E-state index contributed by atoms with van der Waals surface area (Å²) in [5.74, 6) is 1.92. The maximum atomic E-state index is 11.3. The minimum atomic E-state index is 0.169. The SMILES string of the molecule is CCC1CCC(CNCC(=O)N(C)C)CC1. The molecule has 0 atom stereocenters. The van der Waals surface area contributed by atoms with Crippen LogP contribution in [-0.4, -0.2) is 38.0 Å². The second-order valence-electron chi connectivity index (χ2n) is 5.21. The van der Waals surface area contributed by atoms with Crippen LogP contribution in [-0.2, 0) is 4.79 Å². The molecule has 1 amide bonds. The van der Waals surface area contributed by atoms with Crippen LogP contribution in [0.1, 0.15) is 39.0 Å². The van der Waals surface area contributed by atoms with Gasteiger partial charge in [-0.15, -0.1) is 0 Å². The summed E-state index contributed by atoms with van der Waals surface area (Å²) < 4.78 is 0. The van der Waals surface area contributed by atoms with Gasteiger partial charge in [-0.25, -0.2) is 0 Å². The summed E-state index contributed by atoms with van der Waals surface area (Å²) in [6.07, 6.45) is 6.76. The summed E-state index contributed by atoms with van der Waals surface area (Å²) in [7, 11) is 3.60. The lowest BCUT2D eigenvalue weighted by atomic mass is 9.81. The van der Waals surface area contributed by atoms with E-state index in [1.807, 2.05) is 0 Å². The zero-order valence-corrected chi connectivity index (χ0v) is 11.0. The van der Waals surface area contributed by atoms with Gasteiger partial charge in [0, 0.05) is 14.1 Å². The Bertz CT molecular complexity index is 208. The Hall–Kier alpha value is -0.570. The quantitative estimate of drug-likeness (QED) is 0.776. The van der Waals surface area contributed by atoms with Gasteiger partial charge in [-0.2, -0.15) is 0 Å². The molecule has 1 aliphatic carbocycles. The van der Waals surface area contributed by atoms with Crippen molar-refractivity contribution in [3.63, 3.8) is 0 Å². The van der Waals surface area contributed by atoms with Crippen LogP contribution < -0.4 is 5.32 Å². The van der Waals surface area contributed by atoms with Crippen LogP contribution in [0, 0.1) is 11.8 Å². The fourth-order valence-corrected chi connectivity index (χ4v) is 2.39. The summed E-state index contributed by atoms with van der Waals surface area (Å²) in [6.45, 7) is 3.79. The molecule has 1 saturated carbocycles. The molecule has 0 spiro atoms. The number of carbonyl (C=O) groups is 1. The smallest absolute Gasteiger partial charge is 0.236 e. The van der Waals surface area contributed by atoms with Crippen molar-refractivity contribution < 1.29 is 4.79 Å². The van der Waals surface area contributed by atoms with Crippen LogP contribution in [0.25, 0.3) is 0 Å². The molecule has 3 heteroatoms. The van der Waals surface area contributed by atoms with Crippen molar-refractivity contribution in [3.8, 4) is 0 Å². The highest BCUT2D eigenvalue weighted by Gasteiger charge is 2.19. The molecule has 1 rings (SSSR count). The molecule has 0 saturated heterocycles. The minimum absolute atomic E-state index is 0.169. The Labute approximate surface area is 99.6 Å². The summed E-state index contributed by atoms with van der Waals surface area (Å²) in [4.78, 5) is 13.0. The number of hydrogen-bond donors (Lipinski definition) is 1. The number of rotatable bonds is 5. The van der Waals surface area contributed by atoms with E-state index in [0.29, 0.717) is 6.54 Å². The predicted molar refractivity (Wildman–Crippen MR) is 67.3 cm³/mol. The maximum absolute atomic E-state index is 11.3. The van der Waals surface area contributed by atoms with E-state index in [0.717, 1.165) is 18.4 Å². The monoisotopic (exact) mass is 226 g/mol. The molecule has 0 heterocycles. The lowest BCUT2D eigenvalue weighted by Crippen LogP contribution is -2.36. The molecule has 0 aromatic rings. The molecule has 1 N–H and O–H groups in total. The lowest BCUT2D eigenvalue weighted by Gasteiger charge is -2.28. The number of nitrogens with one attached hydrogen (secondary N) is 1. The fraction of sp³-hybridized carbons (Fsp3) is 0.923. The van der Waals surface area contributed by atoms with Crippen LogP contribution >= 0.6 is 0 Å². The zero-order valence-electron chi connectivity index (χ0n) is 11.0. The summed E-state index contributed by atoms with van der Waals surface area (Å²) in [5, 5.41) is 3.28. The predicted octanol–water partition coefficient (Wildman–Crippen LogP) is 1.88. The summed E-state index contributed by atoms with van der Waals surface area (Å²) in [5.41, 5.74) is 0. The molecular weight excluding hydrogens is 200 g/mol. The van der Waals surface area contributed by atoms with Gasteiger partial charge < -0.3 is 10.2 Å². The van der Waals surface area contributed by atoms with Gasteiger partial charge in [-0.1, -0.05) is 26.2 Å². The summed E-state index contributed by atoms with van der Waals surface area (Å²) >= 11 is 0. The molecular formula is C13H26N2O. The van der Waals surface area contributed by atoms with E-state index in [1.54, 1.807) is 19.0 Å². The van der Waals surface area contributed by atoms with E-state index >= 15 is 0 Å². The number of nitrogens with zero attached hydrogens (tertiary/aromatic N) is 1. The average molecular weight is 226 g/mol. The fourth-order valence-electron chi connectivity index (χ4n) is 2.39. The first kappa shape index (κ1) is 13.5. The molecule has 0 unspecified atom stereocenters. The van der Waals surface area contributed by atoms with Gasteiger partial charge in [0.15, 0.2) is 0 Å². The third kappa shape index (κ3) is 4.52. The molecule has 1 aliphatic rings. The van der Waals surface area contributed by atoms with Gasteiger partial charge in [-0.05, 0) is 31.2 Å². The van der Waals surface area contributed by atoms with Crippen molar-refractivity contribution in [3.05, 3.63) is 0 Å². The molecule has 0 aromatic carbocycles. The molecule has 16 heavy (non-hydrogen) atoms. The third-order valence-electron chi connectivity index (χ3n) is 3.75. The first-order chi connectivity index (χ1) is 7.63. The Morgan fingerprint density at radius 1 is 1.19 bits per heavy atom. The molecule has 0 aliphatic heterocycles. The molecule has 3 nitrogen and oxygen atoms in total. The first-order valence-electron chi connectivity index (χ1n) is 6.54. The van der Waals surface area contributed by atoms with Crippen molar-refractivity contribution in [1.29, 1.82) is 0 Å². The Balaban J connectivity index is 2.08.